The molecule has 0 saturated heterocycles. The standard InChI is InChI=1S/C12H22ClN3O/c1-4-6-10(17-3)11(14)12-9(13)8-15-16(12)7-5-2/h8,10-11H,4-7,14H2,1-3H3. The van der Waals surface area contributed by atoms with Crippen molar-refractivity contribution in [3.8, 4) is 0 Å². The highest BCUT2D eigenvalue weighted by atomic mass is 35.5. The molecule has 0 amide bonds. The van der Waals surface area contributed by atoms with Crippen molar-refractivity contribution >= 4 is 11.6 Å². The van der Waals surface area contributed by atoms with Gasteiger partial charge in [0.2, 0.25) is 0 Å². The van der Waals surface area contributed by atoms with Crippen LogP contribution >= 0.6 is 11.6 Å². The van der Waals surface area contributed by atoms with Crippen LogP contribution in [-0.4, -0.2) is 23.0 Å². The maximum absolute atomic E-state index is 6.24. The van der Waals surface area contributed by atoms with Crippen molar-refractivity contribution in [2.75, 3.05) is 7.11 Å². The first-order valence-corrected chi connectivity index (χ1v) is 6.53. The summed E-state index contributed by atoms with van der Waals surface area (Å²) in [5.41, 5.74) is 7.13. The summed E-state index contributed by atoms with van der Waals surface area (Å²) in [4.78, 5) is 0. The molecule has 1 aromatic heterocycles. The van der Waals surface area contributed by atoms with E-state index in [-0.39, 0.29) is 12.1 Å². The van der Waals surface area contributed by atoms with Gasteiger partial charge in [0.1, 0.15) is 0 Å². The zero-order valence-electron chi connectivity index (χ0n) is 10.8. The fourth-order valence-electron chi connectivity index (χ4n) is 2.00. The Morgan fingerprint density at radius 2 is 2.18 bits per heavy atom. The average molecular weight is 260 g/mol. The number of aromatic nitrogens is 2. The molecule has 17 heavy (non-hydrogen) atoms. The van der Waals surface area contributed by atoms with Crippen LogP contribution in [-0.2, 0) is 11.3 Å². The van der Waals surface area contributed by atoms with E-state index < -0.39 is 0 Å². The molecule has 0 aliphatic carbocycles. The number of nitrogens with two attached hydrogens (primary N) is 1. The van der Waals surface area contributed by atoms with Crippen LogP contribution in [0.2, 0.25) is 5.02 Å². The van der Waals surface area contributed by atoms with E-state index in [0.29, 0.717) is 5.02 Å². The van der Waals surface area contributed by atoms with Crippen molar-refractivity contribution in [1.29, 1.82) is 0 Å². The minimum absolute atomic E-state index is 0.00944. The van der Waals surface area contributed by atoms with Crippen molar-refractivity contribution in [2.45, 2.75) is 51.8 Å². The molecule has 0 spiro atoms. The lowest BCUT2D eigenvalue weighted by atomic mass is 10.0. The zero-order chi connectivity index (χ0) is 12.8. The van der Waals surface area contributed by atoms with Crippen LogP contribution in [0.25, 0.3) is 0 Å². The highest BCUT2D eigenvalue weighted by Crippen LogP contribution is 2.26. The molecule has 0 aromatic carbocycles. The van der Waals surface area contributed by atoms with Gasteiger partial charge in [-0.2, -0.15) is 5.10 Å². The van der Waals surface area contributed by atoms with Gasteiger partial charge < -0.3 is 10.5 Å². The van der Waals surface area contributed by atoms with Crippen molar-refractivity contribution < 1.29 is 4.74 Å². The Bertz CT molecular complexity index is 340. The molecule has 0 fully saturated rings. The first-order chi connectivity index (χ1) is 8.15. The van der Waals surface area contributed by atoms with Crippen molar-refractivity contribution in [3.63, 3.8) is 0 Å². The van der Waals surface area contributed by atoms with Crippen molar-refractivity contribution in [3.05, 3.63) is 16.9 Å². The minimum atomic E-state index is -0.221. The van der Waals surface area contributed by atoms with E-state index in [1.54, 1.807) is 13.3 Å². The Kier molecular flexibility index (Phi) is 5.95. The van der Waals surface area contributed by atoms with E-state index in [0.717, 1.165) is 31.5 Å². The predicted octanol–water partition coefficient (Wildman–Crippen LogP) is 2.76. The molecule has 1 heterocycles. The highest BCUT2D eigenvalue weighted by Gasteiger charge is 2.24. The number of hydrogen-bond donors (Lipinski definition) is 1. The Balaban J connectivity index is 2.92. The summed E-state index contributed by atoms with van der Waals surface area (Å²) in [5, 5.41) is 4.88. The first kappa shape index (κ1) is 14.5. The third-order valence-electron chi connectivity index (χ3n) is 2.86. The van der Waals surface area contributed by atoms with Gasteiger partial charge in [-0.15, -0.1) is 0 Å². The molecule has 1 aromatic rings. The third-order valence-corrected chi connectivity index (χ3v) is 3.15. The second kappa shape index (κ2) is 6.99. The van der Waals surface area contributed by atoms with Crippen molar-refractivity contribution in [2.24, 2.45) is 5.73 Å². The summed E-state index contributed by atoms with van der Waals surface area (Å²) in [7, 11) is 1.69. The van der Waals surface area contributed by atoms with Gasteiger partial charge in [0.15, 0.2) is 0 Å². The van der Waals surface area contributed by atoms with Crippen LogP contribution in [0.4, 0.5) is 0 Å². The lowest BCUT2D eigenvalue weighted by Gasteiger charge is -2.23. The van der Waals surface area contributed by atoms with Gasteiger partial charge in [-0.1, -0.05) is 31.9 Å². The van der Waals surface area contributed by atoms with Crippen LogP contribution in [0.3, 0.4) is 0 Å². The quantitative estimate of drug-likeness (QED) is 0.819. The number of aryl methyl sites for hydroxylation is 1. The maximum atomic E-state index is 6.24. The summed E-state index contributed by atoms with van der Waals surface area (Å²) < 4.78 is 7.32. The van der Waals surface area contributed by atoms with E-state index in [1.807, 2.05) is 4.68 Å². The van der Waals surface area contributed by atoms with Crippen LogP contribution in [0, 0.1) is 0 Å². The fraction of sp³-hybridized carbons (Fsp3) is 0.750. The van der Waals surface area contributed by atoms with Gasteiger partial charge in [-0.25, -0.2) is 0 Å². The molecule has 2 N–H and O–H groups in total. The lowest BCUT2D eigenvalue weighted by Crippen LogP contribution is -2.30. The number of nitrogens with zero attached hydrogens (tertiary/aromatic N) is 2. The summed E-state index contributed by atoms with van der Waals surface area (Å²) in [5.74, 6) is 0. The summed E-state index contributed by atoms with van der Waals surface area (Å²) in [6.45, 7) is 5.05. The second-order valence-electron chi connectivity index (χ2n) is 4.19. The molecule has 0 aliphatic heterocycles. The Labute approximate surface area is 108 Å². The molecule has 0 radical (unpaired) electrons. The zero-order valence-corrected chi connectivity index (χ0v) is 11.6. The first-order valence-electron chi connectivity index (χ1n) is 6.15. The Morgan fingerprint density at radius 3 is 2.71 bits per heavy atom. The molecule has 4 nitrogen and oxygen atoms in total. The lowest BCUT2D eigenvalue weighted by molar-refractivity contribution is 0.0700. The van der Waals surface area contributed by atoms with Crippen LogP contribution in [0.15, 0.2) is 6.20 Å². The van der Waals surface area contributed by atoms with E-state index in [1.165, 1.54) is 0 Å². The number of ether oxygens (including phenoxy) is 1. The highest BCUT2D eigenvalue weighted by molar-refractivity contribution is 6.31. The number of halogens is 1. The molecule has 0 bridgehead atoms. The van der Waals surface area contributed by atoms with Gasteiger partial charge >= 0.3 is 0 Å². The van der Waals surface area contributed by atoms with E-state index in [4.69, 9.17) is 22.1 Å². The van der Waals surface area contributed by atoms with Gasteiger partial charge in [-0.05, 0) is 12.8 Å². The molecule has 0 aliphatic rings. The molecular weight excluding hydrogens is 238 g/mol. The Hall–Kier alpha value is -0.580. The molecule has 1 rings (SSSR count). The monoisotopic (exact) mass is 259 g/mol. The fourth-order valence-corrected chi connectivity index (χ4v) is 2.27. The number of rotatable bonds is 7. The molecule has 2 atom stereocenters. The third kappa shape index (κ3) is 3.44. The SMILES string of the molecule is CCCC(OC)C(N)c1c(Cl)cnn1CCC. The molecule has 0 saturated carbocycles. The average Bonchev–Trinajstić information content (AvgIpc) is 2.67. The molecule has 2 unspecified atom stereocenters. The van der Waals surface area contributed by atoms with Crippen LogP contribution in [0.5, 0.6) is 0 Å². The van der Waals surface area contributed by atoms with Crippen LogP contribution in [0.1, 0.15) is 44.8 Å². The summed E-state index contributed by atoms with van der Waals surface area (Å²) in [6.07, 6.45) is 4.61. The molecular formula is C12H22ClN3O. The van der Waals surface area contributed by atoms with Gasteiger partial charge in [-0.3, -0.25) is 4.68 Å². The van der Waals surface area contributed by atoms with E-state index >= 15 is 0 Å². The summed E-state index contributed by atoms with van der Waals surface area (Å²) in [6, 6.07) is -0.221. The predicted molar refractivity (Wildman–Crippen MR) is 70.2 cm³/mol. The van der Waals surface area contributed by atoms with Gasteiger partial charge in [0.05, 0.1) is 29.1 Å². The van der Waals surface area contributed by atoms with Gasteiger partial charge in [0, 0.05) is 13.7 Å². The second-order valence-corrected chi connectivity index (χ2v) is 4.60. The van der Waals surface area contributed by atoms with Crippen molar-refractivity contribution in [1.82, 2.24) is 9.78 Å². The van der Waals surface area contributed by atoms with Crippen LogP contribution < -0.4 is 5.73 Å². The normalized spacial score (nSPS) is 14.9. The van der Waals surface area contributed by atoms with Gasteiger partial charge in [0.25, 0.3) is 0 Å². The van der Waals surface area contributed by atoms with E-state index in [2.05, 4.69) is 18.9 Å². The maximum Gasteiger partial charge on any atom is 0.0835 e. The summed E-state index contributed by atoms with van der Waals surface area (Å²) >= 11 is 6.16. The molecule has 98 valence electrons. The molecule has 5 heteroatoms. The van der Waals surface area contributed by atoms with E-state index in [9.17, 15) is 0 Å². The topological polar surface area (TPSA) is 53.1 Å². The number of hydrogen-bond acceptors (Lipinski definition) is 3. The number of methoxy groups -OCH3 is 1. The Morgan fingerprint density at radius 1 is 1.47 bits per heavy atom. The minimum Gasteiger partial charge on any atom is -0.379 e. The smallest absolute Gasteiger partial charge is 0.0835 e. The largest absolute Gasteiger partial charge is 0.379 e.